The highest BCUT2D eigenvalue weighted by atomic mass is 32.1. The Labute approximate surface area is 165 Å². The topological polar surface area (TPSA) is 78.4 Å². The number of hydrogen-bond acceptors (Lipinski definition) is 6. The number of piperidine rings is 2. The predicted octanol–water partition coefficient (Wildman–Crippen LogP) is 2.40. The van der Waals surface area contributed by atoms with E-state index in [0.29, 0.717) is 35.8 Å². The lowest BCUT2D eigenvalue weighted by Gasteiger charge is -2.35. The molecule has 3 heterocycles. The van der Waals surface area contributed by atoms with Crippen LogP contribution in [0.4, 0.5) is 5.13 Å². The molecule has 0 spiro atoms. The molecule has 8 heteroatoms. The summed E-state index contributed by atoms with van der Waals surface area (Å²) in [5.41, 5.74) is 0. The van der Waals surface area contributed by atoms with E-state index in [4.69, 9.17) is 0 Å². The van der Waals surface area contributed by atoms with Crippen LogP contribution in [-0.4, -0.2) is 64.5 Å². The Morgan fingerprint density at radius 3 is 2.70 bits per heavy atom. The number of hydrogen-bond donors (Lipinski definition) is 1. The first kappa shape index (κ1) is 20.2. The minimum Gasteiger partial charge on any atom is -0.342 e. The lowest BCUT2D eigenvalue weighted by molar-refractivity contribution is -0.134. The van der Waals surface area contributed by atoms with Crippen LogP contribution in [0.1, 0.15) is 51.0 Å². The molecule has 2 aliphatic rings. The van der Waals surface area contributed by atoms with Crippen molar-refractivity contribution in [2.75, 3.05) is 38.0 Å². The van der Waals surface area contributed by atoms with Gasteiger partial charge in [-0.3, -0.25) is 19.8 Å². The number of amides is 2. The number of rotatable bonds is 7. The molecule has 2 fully saturated rings. The van der Waals surface area contributed by atoms with E-state index in [0.717, 1.165) is 63.3 Å². The first-order chi connectivity index (χ1) is 13.0. The van der Waals surface area contributed by atoms with Crippen LogP contribution in [0, 0.1) is 11.8 Å². The van der Waals surface area contributed by atoms with Crippen LogP contribution < -0.4 is 5.32 Å². The van der Waals surface area contributed by atoms with Gasteiger partial charge in [0.2, 0.25) is 16.9 Å². The van der Waals surface area contributed by atoms with Crippen molar-refractivity contribution >= 4 is 28.3 Å². The van der Waals surface area contributed by atoms with Gasteiger partial charge in [-0.25, -0.2) is 0 Å². The fraction of sp³-hybridized carbons (Fsp3) is 0.789. The number of anilines is 1. The molecule has 2 amide bonds. The van der Waals surface area contributed by atoms with Gasteiger partial charge in [-0.1, -0.05) is 25.2 Å². The van der Waals surface area contributed by atoms with Gasteiger partial charge in [0.05, 0.1) is 6.54 Å². The van der Waals surface area contributed by atoms with Gasteiger partial charge in [0, 0.05) is 25.9 Å². The Kier molecular flexibility index (Phi) is 7.18. The van der Waals surface area contributed by atoms with E-state index >= 15 is 0 Å². The number of likely N-dealkylation sites (tertiary alicyclic amines) is 2. The van der Waals surface area contributed by atoms with E-state index in [-0.39, 0.29) is 5.91 Å². The summed E-state index contributed by atoms with van der Waals surface area (Å²) in [6.07, 6.45) is 5.87. The van der Waals surface area contributed by atoms with Gasteiger partial charge in [0.1, 0.15) is 5.01 Å². The maximum absolute atomic E-state index is 12.3. The molecule has 0 aromatic carbocycles. The molecule has 3 rings (SSSR count). The maximum Gasteiger partial charge on any atom is 0.240 e. The third kappa shape index (κ3) is 6.24. The van der Waals surface area contributed by atoms with E-state index in [1.54, 1.807) is 0 Å². The molecule has 1 aromatic heterocycles. The van der Waals surface area contributed by atoms with Gasteiger partial charge in [-0.2, -0.15) is 0 Å². The Morgan fingerprint density at radius 1 is 1.22 bits per heavy atom. The van der Waals surface area contributed by atoms with Crippen molar-refractivity contribution in [2.45, 2.75) is 52.4 Å². The largest absolute Gasteiger partial charge is 0.342 e. The number of aromatic nitrogens is 2. The zero-order valence-electron chi connectivity index (χ0n) is 16.4. The third-order valence-electron chi connectivity index (χ3n) is 5.27. The Morgan fingerprint density at radius 2 is 2.00 bits per heavy atom. The molecule has 0 unspecified atom stereocenters. The van der Waals surface area contributed by atoms with Crippen LogP contribution in [-0.2, 0) is 16.0 Å². The summed E-state index contributed by atoms with van der Waals surface area (Å²) in [5, 5.41) is 12.6. The molecule has 0 aliphatic carbocycles. The van der Waals surface area contributed by atoms with Gasteiger partial charge in [0.25, 0.3) is 0 Å². The first-order valence-electron chi connectivity index (χ1n) is 10.1. The van der Waals surface area contributed by atoms with Crippen molar-refractivity contribution in [3.63, 3.8) is 0 Å². The van der Waals surface area contributed by atoms with Gasteiger partial charge in [0.15, 0.2) is 0 Å². The van der Waals surface area contributed by atoms with E-state index in [2.05, 4.69) is 34.3 Å². The molecular weight excluding hydrogens is 362 g/mol. The van der Waals surface area contributed by atoms with E-state index in [9.17, 15) is 9.59 Å². The second-order valence-corrected chi connectivity index (χ2v) is 9.23. The molecule has 7 nitrogen and oxygen atoms in total. The molecule has 0 saturated carbocycles. The maximum atomic E-state index is 12.3. The highest BCUT2D eigenvalue weighted by Gasteiger charge is 2.26. The third-order valence-corrected chi connectivity index (χ3v) is 6.13. The quantitative estimate of drug-likeness (QED) is 0.770. The van der Waals surface area contributed by atoms with Crippen LogP contribution in [0.3, 0.4) is 0 Å². The SMILES string of the molecule is CC(C)Cc1nnc(NC(=O)CN2CCC(CN3CCCCC3=O)CC2)s1. The van der Waals surface area contributed by atoms with Crippen molar-refractivity contribution in [1.82, 2.24) is 20.0 Å². The van der Waals surface area contributed by atoms with Gasteiger partial charge in [-0.05, 0) is 50.6 Å². The molecule has 0 bridgehead atoms. The standard InChI is InChI=1S/C19H31N5O2S/c1-14(2)11-17-21-22-19(27-17)20-16(25)13-23-9-6-15(7-10-23)12-24-8-4-3-5-18(24)26/h14-15H,3-13H2,1-2H3,(H,20,22,25). The summed E-state index contributed by atoms with van der Waals surface area (Å²) < 4.78 is 0. The summed E-state index contributed by atoms with van der Waals surface area (Å²) in [4.78, 5) is 28.5. The summed E-state index contributed by atoms with van der Waals surface area (Å²) in [5.74, 6) is 1.39. The van der Waals surface area contributed by atoms with E-state index < -0.39 is 0 Å². The molecule has 2 aliphatic heterocycles. The van der Waals surface area contributed by atoms with E-state index in [1.807, 2.05) is 4.90 Å². The Hall–Kier alpha value is -1.54. The second-order valence-electron chi connectivity index (χ2n) is 8.16. The normalized spacial score (nSPS) is 19.7. The predicted molar refractivity (Wildman–Crippen MR) is 107 cm³/mol. The fourth-order valence-corrected chi connectivity index (χ4v) is 4.76. The Balaban J connectivity index is 1.37. The number of nitrogens with one attached hydrogen (secondary N) is 1. The molecule has 2 saturated heterocycles. The van der Waals surface area contributed by atoms with Crippen molar-refractivity contribution in [3.05, 3.63) is 5.01 Å². The van der Waals surface area contributed by atoms with Crippen LogP contribution in [0.5, 0.6) is 0 Å². The first-order valence-corrected chi connectivity index (χ1v) is 10.9. The summed E-state index contributed by atoms with van der Waals surface area (Å²) >= 11 is 1.46. The minimum absolute atomic E-state index is 0.0214. The molecule has 150 valence electrons. The van der Waals surface area contributed by atoms with Crippen molar-refractivity contribution in [3.8, 4) is 0 Å². The summed E-state index contributed by atoms with van der Waals surface area (Å²) in [6.45, 7) is 8.32. The molecule has 0 radical (unpaired) electrons. The number of carbonyl (C=O) groups is 2. The highest BCUT2D eigenvalue weighted by molar-refractivity contribution is 7.15. The van der Waals surface area contributed by atoms with Crippen LogP contribution >= 0.6 is 11.3 Å². The smallest absolute Gasteiger partial charge is 0.240 e. The Bertz CT molecular complexity index is 640. The van der Waals surface area contributed by atoms with Crippen molar-refractivity contribution in [2.24, 2.45) is 11.8 Å². The van der Waals surface area contributed by atoms with Crippen molar-refractivity contribution < 1.29 is 9.59 Å². The zero-order chi connectivity index (χ0) is 19.2. The average molecular weight is 394 g/mol. The zero-order valence-corrected chi connectivity index (χ0v) is 17.3. The van der Waals surface area contributed by atoms with Gasteiger partial charge in [-0.15, -0.1) is 10.2 Å². The average Bonchev–Trinajstić information content (AvgIpc) is 3.04. The second kappa shape index (κ2) is 9.59. The summed E-state index contributed by atoms with van der Waals surface area (Å²) in [7, 11) is 0. The molecule has 1 aromatic rings. The molecule has 1 N–H and O–H groups in total. The molecule has 0 atom stereocenters. The van der Waals surface area contributed by atoms with Crippen molar-refractivity contribution in [1.29, 1.82) is 0 Å². The van der Waals surface area contributed by atoms with Crippen LogP contribution in [0.15, 0.2) is 0 Å². The fourth-order valence-electron chi connectivity index (χ4n) is 3.79. The van der Waals surface area contributed by atoms with Gasteiger partial charge >= 0.3 is 0 Å². The monoisotopic (exact) mass is 393 g/mol. The van der Waals surface area contributed by atoms with Crippen LogP contribution in [0.25, 0.3) is 0 Å². The van der Waals surface area contributed by atoms with Gasteiger partial charge < -0.3 is 4.90 Å². The minimum atomic E-state index is -0.0214. The number of nitrogens with zero attached hydrogens (tertiary/aromatic N) is 4. The van der Waals surface area contributed by atoms with E-state index in [1.165, 1.54) is 11.3 Å². The lowest BCUT2D eigenvalue weighted by atomic mass is 9.95. The highest BCUT2D eigenvalue weighted by Crippen LogP contribution is 2.22. The number of carbonyl (C=O) groups excluding carboxylic acids is 2. The molecule has 27 heavy (non-hydrogen) atoms. The summed E-state index contributed by atoms with van der Waals surface area (Å²) in [6, 6.07) is 0. The van der Waals surface area contributed by atoms with Crippen LogP contribution in [0.2, 0.25) is 0 Å². The lowest BCUT2D eigenvalue weighted by Crippen LogP contribution is -2.44. The molecular formula is C19H31N5O2S.